The number of rotatable bonds is 4. The predicted molar refractivity (Wildman–Crippen MR) is 78.0 cm³/mol. The number of hydrogen-bond donors (Lipinski definition) is 3. The van der Waals surface area contributed by atoms with Gasteiger partial charge in [-0.25, -0.2) is 0 Å². The molecule has 0 radical (unpaired) electrons. The lowest BCUT2D eigenvalue weighted by Crippen LogP contribution is -2.35. The van der Waals surface area contributed by atoms with Crippen molar-refractivity contribution in [3.05, 3.63) is 23.8 Å². The van der Waals surface area contributed by atoms with E-state index in [2.05, 4.69) is 10.6 Å². The average Bonchev–Trinajstić information content (AvgIpc) is 2.79. The van der Waals surface area contributed by atoms with Crippen molar-refractivity contribution in [1.82, 2.24) is 5.32 Å². The van der Waals surface area contributed by atoms with E-state index in [9.17, 15) is 9.90 Å². The Kier molecular flexibility index (Phi) is 4.62. The van der Waals surface area contributed by atoms with Crippen LogP contribution >= 0.6 is 0 Å². The number of amides is 1. The lowest BCUT2D eigenvalue weighted by Gasteiger charge is -2.15. The Morgan fingerprint density at radius 3 is 2.80 bits per heavy atom. The number of aryl methyl sites for hydroxylation is 1. The largest absolute Gasteiger partial charge is 0.491 e. The lowest BCUT2D eigenvalue weighted by atomic mass is 10.1. The number of anilines is 1. The SMILES string of the molecule is Cc1cc(NC(=O)C2CC(O)CN2)ccc1OC(C)C. The Labute approximate surface area is 119 Å². The number of nitrogens with one attached hydrogen (secondary N) is 2. The molecule has 5 nitrogen and oxygen atoms in total. The fraction of sp³-hybridized carbons (Fsp3) is 0.533. The van der Waals surface area contributed by atoms with Crippen LogP contribution in [0.2, 0.25) is 0 Å². The molecule has 1 heterocycles. The first-order valence-electron chi connectivity index (χ1n) is 6.95. The van der Waals surface area contributed by atoms with E-state index >= 15 is 0 Å². The second-order valence-corrected chi connectivity index (χ2v) is 5.49. The molecular formula is C15H22N2O3. The Balaban J connectivity index is 1.99. The first kappa shape index (κ1) is 14.8. The highest BCUT2D eigenvalue weighted by molar-refractivity contribution is 5.95. The van der Waals surface area contributed by atoms with Gasteiger partial charge in [-0.05, 0) is 51.0 Å². The number of carbonyl (C=O) groups excluding carboxylic acids is 1. The maximum Gasteiger partial charge on any atom is 0.241 e. The second kappa shape index (κ2) is 6.24. The first-order chi connectivity index (χ1) is 9.45. The number of carbonyl (C=O) groups is 1. The molecule has 1 saturated heterocycles. The van der Waals surface area contributed by atoms with Gasteiger partial charge in [0.05, 0.1) is 18.2 Å². The Morgan fingerprint density at radius 1 is 1.50 bits per heavy atom. The molecule has 1 aliphatic rings. The van der Waals surface area contributed by atoms with Gasteiger partial charge < -0.3 is 20.5 Å². The number of β-amino-alcohol motifs (C(OH)–C–C–N with tert-alkyl or cyclic N) is 1. The van der Waals surface area contributed by atoms with Crippen molar-refractivity contribution < 1.29 is 14.6 Å². The molecule has 1 aromatic rings. The van der Waals surface area contributed by atoms with Crippen LogP contribution in [-0.2, 0) is 4.79 Å². The highest BCUT2D eigenvalue weighted by Gasteiger charge is 2.27. The zero-order valence-corrected chi connectivity index (χ0v) is 12.1. The quantitative estimate of drug-likeness (QED) is 0.779. The zero-order chi connectivity index (χ0) is 14.7. The zero-order valence-electron chi connectivity index (χ0n) is 12.1. The van der Waals surface area contributed by atoms with E-state index in [4.69, 9.17) is 4.74 Å². The van der Waals surface area contributed by atoms with Crippen molar-refractivity contribution >= 4 is 11.6 Å². The number of aliphatic hydroxyl groups is 1. The van der Waals surface area contributed by atoms with E-state index in [1.54, 1.807) is 0 Å². The average molecular weight is 278 g/mol. The number of hydrogen-bond acceptors (Lipinski definition) is 4. The summed E-state index contributed by atoms with van der Waals surface area (Å²) >= 11 is 0. The second-order valence-electron chi connectivity index (χ2n) is 5.49. The molecule has 2 atom stereocenters. The van der Waals surface area contributed by atoms with Gasteiger partial charge in [0, 0.05) is 12.2 Å². The highest BCUT2D eigenvalue weighted by Crippen LogP contribution is 2.23. The standard InChI is InChI=1S/C15H22N2O3/c1-9(2)20-14-5-4-11(6-10(14)3)17-15(19)13-7-12(18)8-16-13/h4-6,9,12-13,16,18H,7-8H2,1-3H3,(H,17,19). The van der Waals surface area contributed by atoms with Crippen molar-refractivity contribution in [2.75, 3.05) is 11.9 Å². The molecule has 0 spiro atoms. The van der Waals surface area contributed by atoms with Gasteiger partial charge in [0.15, 0.2) is 0 Å². The molecule has 1 aliphatic heterocycles. The number of ether oxygens (including phenoxy) is 1. The van der Waals surface area contributed by atoms with E-state index in [0.29, 0.717) is 13.0 Å². The maximum absolute atomic E-state index is 12.0. The summed E-state index contributed by atoms with van der Waals surface area (Å²) in [6.07, 6.45) is 0.145. The van der Waals surface area contributed by atoms with Crippen molar-refractivity contribution in [3.63, 3.8) is 0 Å². The fourth-order valence-electron chi connectivity index (χ4n) is 2.26. The third-order valence-electron chi connectivity index (χ3n) is 3.23. The molecule has 1 fully saturated rings. The number of benzene rings is 1. The topological polar surface area (TPSA) is 70.6 Å². The van der Waals surface area contributed by atoms with E-state index in [1.807, 2.05) is 39.0 Å². The summed E-state index contributed by atoms with van der Waals surface area (Å²) in [5, 5.41) is 15.3. The molecule has 20 heavy (non-hydrogen) atoms. The van der Waals surface area contributed by atoms with Crippen LogP contribution in [0.25, 0.3) is 0 Å². The third-order valence-corrected chi connectivity index (χ3v) is 3.23. The normalized spacial score (nSPS) is 22.1. The number of aliphatic hydroxyl groups excluding tert-OH is 1. The van der Waals surface area contributed by atoms with Crippen molar-refractivity contribution in [3.8, 4) is 5.75 Å². The Bertz CT molecular complexity index is 488. The molecule has 1 aromatic carbocycles. The summed E-state index contributed by atoms with van der Waals surface area (Å²) in [5.74, 6) is 0.714. The summed E-state index contributed by atoms with van der Waals surface area (Å²) in [7, 11) is 0. The molecule has 1 amide bonds. The van der Waals surface area contributed by atoms with Crippen LogP contribution in [0.3, 0.4) is 0 Å². The maximum atomic E-state index is 12.0. The van der Waals surface area contributed by atoms with Gasteiger partial charge in [0.25, 0.3) is 0 Å². The van der Waals surface area contributed by atoms with Gasteiger partial charge in [-0.3, -0.25) is 4.79 Å². The molecule has 110 valence electrons. The van der Waals surface area contributed by atoms with E-state index in [-0.39, 0.29) is 18.1 Å². The molecule has 0 saturated carbocycles. The van der Waals surface area contributed by atoms with Crippen LogP contribution < -0.4 is 15.4 Å². The molecular weight excluding hydrogens is 256 g/mol. The van der Waals surface area contributed by atoms with Crippen molar-refractivity contribution in [2.24, 2.45) is 0 Å². The van der Waals surface area contributed by atoms with Crippen LogP contribution in [0.15, 0.2) is 18.2 Å². The minimum atomic E-state index is -0.436. The third kappa shape index (κ3) is 3.71. The minimum absolute atomic E-state index is 0.113. The molecule has 0 aliphatic carbocycles. The van der Waals surface area contributed by atoms with Gasteiger partial charge >= 0.3 is 0 Å². The fourth-order valence-corrected chi connectivity index (χ4v) is 2.26. The van der Waals surface area contributed by atoms with Gasteiger partial charge in [-0.1, -0.05) is 0 Å². The van der Waals surface area contributed by atoms with Crippen molar-refractivity contribution in [1.29, 1.82) is 0 Å². The Hall–Kier alpha value is -1.59. The molecule has 2 unspecified atom stereocenters. The van der Waals surface area contributed by atoms with E-state index in [0.717, 1.165) is 17.0 Å². The van der Waals surface area contributed by atoms with E-state index in [1.165, 1.54) is 0 Å². The summed E-state index contributed by atoms with van der Waals surface area (Å²) in [5.41, 5.74) is 1.72. The van der Waals surface area contributed by atoms with Gasteiger partial charge in [0.2, 0.25) is 5.91 Å². The molecule has 5 heteroatoms. The summed E-state index contributed by atoms with van der Waals surface area (Å²) in [6.45, 7) is 6.38. The smallest absolute Gasteiger partial charge is 0.241 e. The van der Waals surface area contributed by atoms with Crippen LogP contribution in [0.4, 0.5) is 5.69 Å². The van der Waals surface area contributed by atoms with Gasteiger partial charge in [-0.15, -0.1) is 0 Å². The summed E-state index contributed by atoms with van der Waals surface area (Å²) < 4.78 is 5.66. The monoisotopic (exact) mass is 278 g/mol. The minimum Gasteiger partial charge on any atom is -0.491 e. The first-order valence-corrected chi connectivity index (χ1v) is 6.95. The predicted octanol–water partition coefficient (Wildman–Crippen LogP) is 1.44. The molecule has 0 bridgehead atoms. The van der Waals surface area contributed by atoms with Crippen LogP contribution in [0.5, 0.6) is 5.75 Å². The van der Waals surface area contributed by atoms with E-state index < -0.39 is 6.10 Å². The summed E-state index contributed by atoms with van der Waals surface area (Å²) in [4.78, 5) is 12.0. The summed E-state index contributed by atoms with van der Waals surface area (Å²) in [6, 6.07) is 5.26. The highest BCUT2D eigenvalue weighted by atomic mass is 16.5. The molecule has 2 rings (SSSR count). The Morgan fingerprint density at radius 2 is 2.25 bits per heavy atom. The molecule has 3 N–H and O–H groups in total. The van der Waals surface area contributed by atoms with Gasteiger partial charge in [-0.2, -0.15) is 0 Å². The van der Waals surface area contributed by atoms with Gasteiger partial charge in [0.1, 0.15) is 5.75 Å². The van der Waals surface area contributed by atoms with Crippen molar-refractivity contribution in [2.45, 2.75) is 45.4 Å². The lowest BCUT2D eigenvalue weighted by molar-refractivity contribution is -0.117. The van der Waals surface area contributed by atoms with Crippen LogP contribution in [-0.4, -0.2) is 35.8 Å². The molecule has 0 aromatic heterocycles. The van der Waals surface area contributed by atoms with Crippen LogP contribution in [0, 0.1) is 6.92 Å². The van der Waals surface area contributed by atoms with Crippen LogP contribution in [0.1, 0.15) is 25.8 Å².